The number of hydrogen-bond acceptors (Lipinski definition) is 8. The Labute approximate surface area is 200 Å². The van der Waals surface area contributed by atoms with E-state index in [9.17, 15) is 29.1 Å². The summed E-state index contributed by atoms with van der Waals surface area (Å²) < 4.78 is 0. The predicted octanol–water partition coefficient (Wildman–Crippen LogP) is -2.05. The molecule has 1 aliphatic rings. The lowest BCUT2D eigenvalue weighted by molar-refractivity contribution is -0.145. The summed E-state index contributed by atoms with van der Waals surface area (Å²) in [6.45, 7) is 0.207. The molecule has 14 heteroatoms. The van der Waals surface area contributed by atoms with Crippen LogP contribution < -0.4 is 22.1 Å². The summed E-state index contributed by atoms with van der Waals surface area (Å²) in [6, 6.07) is -4.33. The molecule has 2 heterocycles. The molecule has 2 rings (SSSR count). The first-order valence-corrected chi connectivity index (χ1v) is 12.2. The molecule has 1 aliphatic heterocycles. The molecule has 1 aromatic rings. The summed E-state index contributed by atoms with van der Waals surface area (Å²) in [5.41, 5.74) is 11.7. The highest BCUT2D eigenvalue weighted by Crippen LogP contribution is 2.20. The Morgan fingerprint density at radius 1 is 1.29 bits per heavy atom. The van der Waals surface area contributed by atoms with E-state index >= 15 is 0 Å². The van der Waals surface area contributed by atoms with Crippen LogP contribution in [0.15, 0.2) is 12.5 Å². The number of amides is 4. The Bertz CT molecular complexity index is 881. The number of hydrogen-bond donors (Lipinski definition) is 6. The fourth-order valence-electron chi connectivity index (χ4n) is 3.64. The number of imidazole rings is 1. The average molecular weight is 498 g/mol. The number of rotatable bonds is 13. The van der Waals surface area contributed by atoms with Crippen LogP contribution in [0.3, 0.4) is 0 Å². The average Bonchev–Trinajstić information content (AvgIpc) is 3.47. The summed E-state index contributed by atoms with van der Waals surface area (Å²) in [7, 11) is 0. The maximum atomic E-state index is 13.2. The fraction of sp³-hybridized carbons (Fsp3) is 0.600. The van der Waals surface area contributed by atoms with E-state index in [-0.39, 0.29) is 13.0 Å². The molecule has 8 N–H and O–H groups in total. The minimum absolute atomic E-state index is 0.0178. The first kappa shape index (κ1) is 27.1. The van der Waals surface area contributed by atoms with Gasteiger partial charge in [-0.15, -0.1) is 0 Å². The van der Waals surface area contributed by atoms with Gasteiger partial charge in [-0.25, -0.2) is 9.78 Å². The first-order valence-electron chi connectivity index (χ1n) is 10.8. The van der Waals surface area contributed by atoms with Crippen LogP contribution in [0.4, 0.5) is 0 Å². The summed E-state index contributed by atoms with van der Waals surface area (Å²) in [6.07, 6.45) is 5.42. The molecular weight excluding hydrogens is 466 g/mol. The molecule has 1 fully saturated rings. The lowest BCUT2D eigenvalue weighted by Gasteiger charge is -2.29. The van der Waals surface area contributed by atoms with Gasteiger partial charge in [0.15, 0.2) is 0 Å². The maximum Gasteiger partial charge on any atom is 0.326 e. The molecule has 4 amide bonds. The van der Waals surface area contributed by atoms with Crippen LogP contribution in [0, 0.1) is 0 Å². The molecular formula is C20H31N7O6S. The summed E-state index contributed by atoms with van der Waals surface area (Å²) in [5, 5.41) is 14.4. The van der Waals surface area contributed by atoms with Crippen molar-refractivity contribution in [3.8, 4) is 0 Å². The summed E-state index contributed by atoms with van der Waals surface area (Å²) in [4.78, 5) is 69.6. The number of carboxylic acid groups (broad SMARTS) is 1. The number of primary amides is 1. The second-order valence-corrected chi connectivity index (χ2v) is 8.98. The van der Waals surface area contributed by atoms with Gasteiger partial charge >= 0.3 is 5.97 Å². The van der Waals surface area contributed by atoms with E-state index in [4.69, 9.17) is 11.5 Å². The number of aliphatic carboxylic acids is 1. The van der Waals surface area contributed by atoms with Gasteiger partial charge in [0, 0.05) is 24.9 Å². The van der Waals surface area contributed by atoms with Gasteiger partial charge in [0.25, 0.3) is 0 Å². The second kappa shape index (κ2) is 12.9. The van der Waals surface area contributed by atoms with Gasteiger partial charge in [0.1, 0.15) is 18.1 Å². The van der Waals surface area contributed by atoms with Gasteiger partial charge in [0.05, 0.1) is 18.8 Å². The number of aromatic amines is 1. The van der Waals surface area contributed by atoms with E-state index < -0.39 is 60.2 Å². The standard InChI is InChI=1S/C20H31N7O6S/c1-34-6-4-12(21)17(29)25-13(8-16(22)28)19(31)27-5-2-3-15(27)18(30)26-14(20(32)33)7-11-9-23-10-24-11/h9-10,12-15H,2-8,21H2,1H3,(H2,22,28)(H,23,24)(H,25,29)(H,26,30)(H,32,33). The number of H-pyrrole nitrogens is 1. The zero-order valence-corrected chi connectivity index (χ0v) is 19.7. The molecule has 4 unspecified atom stereocenters. The summed E-state index contributed by atoms with van der Waals surface area (Å²) in [5.74, 6) is -3.29. The molecule has 0 radical (unpaired) electrons. The van der Waals surface area contributed by atoms with E-state index in [1.807, 2.05) is 6.26 Å². The van der Waals surface area contributed by atoms with Crippen LogP contribution in [-0.4, -0.2) is 92.3 Å². The number of aromatic nitrogens is 2. The van der Waals surface area contributed by atoms with E-state index in [0.29, 0.717) is 30.7 Å². The van der Waals surface area contributed by atoms with Gasteiger partial charge in [0.2, 0.25) is 23.6 Å². The number of thioether (sulfide) groups is 1. The van der Waals surface area contributed by atoms with Crippen molar-refractivity contribution in [1.82, 2.24) is 25.5 Å². The Hall–Kier alpha value is -3.13. The Kier molecular flexibility index (Phi) is 10.3. The third-order valence-electron chi connectivity index (χ3n) is 5.42. The summed E-state index contributed by atoms with van der Waals surface area (Å²) >= 11 is 1.51. The molecule has 0 aromatic carbocycles. The molecule has 0 aliphatic carbocycles. The number of nitrogens with zero attached hydrogens (tertiary/aromatic N) is 2. The number of likely N-dealkylation sites (tertiary alicyclic amines) is 1. The fourth-order valence-corrected chi connectivity index (χ4v) is 4.13. The maximum absolute atomic E-state index is 13.2. The highest BCUT2D eigenvalue weighted by Gasteiger charge is 2.39. The van der Waals surface area contributed by atoms with Crippen molar-refractivity contribution in [2.24, 2.45) is 11.5 Å². The van der Waals surface area contributed by atoms with E-state index in [1.54, 1.807) is 0 Å². The number of nitrogens with one attached hydrogen (secondary N) is 3. The van der Waals surface area contributed by atoms with Crippen LogP contribution in [0.5, 0.6) is 0 Å². The second-order valence-electron chi connectivity index (χ2n) is 7.99. The van der Waals surface area contributed by atoms with E-state index in [1.165, 1.54) is 29.2 Å². The molecule has 1 saturated heterocycles. The van der Waals surface area contributed by atoms with Crippen molar-refractivity contribution in [3.05, 3.63) is 18.2 Å². The number of nitrogens with two attached hydrogens (primary N) is 2. The molecule has 0 spiro atoms. The molecule has 1 aromatic heterocycles. The molecule has 4 atom stereocenters. The van der Waals surface area contributed by atoms with Crippen LogP contribution in [0.2, 0.25) is 0 Å². The highest BCUT2D eigenvalue weighted by molar-refractivity contribution is 7.98. The molecule has 0 bridgehead atoms. The van der Waals surface area contributed by atoms with Gasteiger partial charge < -0.3 is 37.1 Å². The third kappa shape index (κ3) is 7.73. The molecule has 0 saturated carbocycles. The van der Waals surface area contributed by atoms with Crippen LogP contribution in [-0.2, 0) is 30.4 Å². The first-order chi connectivity index (χ1) is 16.1. The monoisotopic (exact) mass is 497 g/mol. The van der Waals surface area contributed by atoms with Crippen molar-refractivity contribution < 1.29 is 29.1 Å². The molecule has 188 valence electrons. The van der Waals surface area contributed by atoms with Crippen LogP contribution >= 0.6 is 11.8 Å². The van der Waals surface area contributed by atoms with Crippen molar-refractivity contribution in [1.29, 1.82) is 0 Å². The molecule has 34 heavy (non-hydrogen) atoms. The normalized spacial score (nSPS) is 18.1. The largest absolute Gasteiger partial charge is 0.480 e. The Morgan fingerprint density at radius 2 is 2.03 bits per heavy atom. The molecule has 13 nitrogen and oxygen atoms in total. The lowest BCUT2D eigenvalue weighted by Crippen LogP contribution is -2.57. The predicted molar refractivity (Wildman–Crippen MR) is 123 cm³/mol. The Balaban J connectivity index is 2.09. The van der Waals surface area contributed by atoms with Crippen LogP contribution in [0.25, 0.3) is 0 Å². The number of carbonyl (C=O) groups is 5. The number of carbonyl (C=O) groups excluding carboxylic acids is 4. The van der Waals surface area contributed by atoms with Crippen molar-refractivity contribution in [3.63, 3.8) is 0 Å². The minimum Gasteiger partial charge on any atom is -0.480 e. The van der Waals surface area contributed by atoms with Gasteiger partial charge in [-0.2, -0.15) is 11.8 Å². The zero-order valence-electron chi connectivity index (χ0n) is 18.9. The quantitative estimate of drug-likeness (QED) is 0.177. The van der Waals surface area contributed by atoms with Crippen molar-refractivity contribution in [2.75, 3.05) is 18.6 Å². The highest BCUT2D eigenvalue weighted by atomic mass is 32.2. The van der Waals surface area contributed by atoms with Crippen molar-refractivity contribution in [2.45, 2.75) is 56.3 Å². The van der Waals surface area contributed by atoms with Crippen molar-refractivity contribution >= 4 is 41.4 Å². The third-order valence-corrected chi connectivity index (χ3v) is 6.07. The Morgan fingerprint density at radius 3 is 2.62 bits per heavy atom. The van der Waals surface area contributed by atoms with E-state index in [2.05, 4.69) is 20.6 Å². The van der Waals surface area contributed by atoms with Gasteiger partial charge in [-0.1, -0.05) is 0 Å². The smallest absolute Gasteiger partial charge is 0.326 e. The minimum atomic E-state index is -1.28. The SMILES string of the molecule is CSCCC(N)C(=O)NC(CC(N)=O)C(=O)N1CCCC1C(=O)NC(Cc1cnc[nH]1)C(=O)O. The zero-order chi connectivity index (χ0) is 25.3. The lowest BCUT2D eigenvalue weighted by atomic mass is 10.1. The van der Waals surface area contributed by atoms with Crippen LogP contribution in [0.1, 0.15) is 31.4 Å². The number of carboxylic acids is 1. The topological polar surface area (TPSA) is 214 Å². The van der Waals surface area contributed by atoms with Gasteiger partial charge in [-0.05, 0) is 31.3 Å². The van der Waals surface area contributed by atoms with E-state index in [0.717, 1.165) is 0 Å². The van der Waals surface area contributed by atoms with Gasteiger partial charge in [-0.3, -0.25) is 19.2 Å².